The molecule has 0 spiro atoms. The molecule has 4 nitrogen and oxygen atoms in total. The number of hydrogen-bond donors (Lipinski definition) is 0. The molecule has 2 aromatic rings. The van der Waals surface area contributed by atoms with Crippen molar-refractivity contribution in [2.24, 2.45) is 16.3 Å². The van der Waals surface area contributed by atoms with Crippen LogP contribution in [0.25, 0.3) is 0 Å². The molecule has 0 saturated carbocycles. The lowest BCUT2D eigenvalue weighted by Gasteiger charge is -2.33. The summed E-state index contributed by atoms with van der Waals surface area (Å²) in [6.07, 6.45) is 5.04. The third kappa shape index (κ3) is 4.82. The van der Waals surface area contributed by atoms with E-state index >= 15 is 0 Å². The first-order valence-corrected chi connectivity index (χ1v) is 11.0. The van der Waals surface area contributed by atoms with E-state index in [1.54, 1.807) is 24.7 Å². The molecule has 0 radical (unpaired) electrons. The molecule has 0 unspecified atom stereocenters. The van der Waals surface area contributed by atoms with Gasteiger partial charge >= 0.3 is 0 Å². The van der Waals surface area contributed by atoms with Gasteiger partial charge in [-0.15, -0.1) is 11.3 Å². The largest absolute Gasteiger partial charge is 0.493 e. The Morgan fingerprint density at radius 3 is 2.66 bits per heavy atom. The first kappa shape index (κ1) is 21.4. The van der Waals surface area contributed by atoms with Gasteiger partial charge in [-0.05, 0) is 73.8 Å². The molecule has 0 fully saturated rings. The third-order valence-corrected chi connectivity index (χ3v) is 6.63. The van der Waals surface area contributed by atoms with Crippen molar-refractivity contribution in [1.29, 1.82) is 5.26 Å². The summed E-state index contributed by atoms with van der Waals surface area (Å²) in [5.74, 6) is 2.05. The molecule has 1 heterocycles. The van der Waals surface area contributed by atoms with Gasteiger partial charge in [-0.25, -0.2) is 4.99 Å². The summed E-state index contributed by atoms with van der Waals surface area (Å²) in [4.78, 5) is 6.01. The van der Waals surface area contributed by atoms with Crippen LogP contribution in [0.1, 0.15) is 62.6 Å². The molecule has 1 aromatic carbocycles. The maximum absolute atomic E-state index is 9.73. The average molecular weight is 411 g/mol. The van der Waals surface area contributed by atoms with Crippen LogP contribution >= 0.6 is 11.3 Å². The summed E-state index contributed by atoms with van der Waals surface area (Å²) in [6.45, 7) is 10.9. The fourth-order valence-corrected chi connectivity index (χ4v) is 4.99. The zero-order valence-corrected chi connectivity index (χ0v) is 19.0. The number of nitrogens with zero attached hydrogens (tertiary/aromatic N) is 2. The predicted molar refractivity (Wildman–Crippen MR) is 120 cm³/mol. The van der Waals surface area contributed by atoms with Crippen LogP contribution in [0.5, 0.6) is 11.5 Å². The summed E-state index contributed by atoms with van der Waals surface area (Å²) >= 11 is 1.67. The van der Waals surface area contributed by atoms with Crippen LogP contribution < -0.4 is 9.47 Å². The minimum absolute atomic E-state index is 0.0796. The van der Waals surface area contributed by atoms with Gasteiger partial charge in [0, 0.05) is 11.1 Å². The molecule has 0 amide bonds. The Morgan fingerprint density at radius 1 is 1.28 bits per heavy atom. The zero-order chi connectivity index (χ0) is 21.2. The second kappa shape index (κ2) is 8.59. The molecule has 0 bridgehead atoms. The minimum atomic E-state index is 0.0796. The number of rotatable bonds is 5. The van der Waals surface area contributed by atoms with E-state index in [4.69, 9.17) is 9.47 Å². The van der Waals surface area contributed by atoms with Crippen molar-refractivity contribution in [1.82, 2.24) is 0 Å². The monoisotopic (exact) mass is 410 g/mol. The Morgan fingerprint density at radius 2 is 2.03 bits per heavy atom. The van der Waals surface area contributed by atoms with Crippen LogP contribution in [0.4, 0.5) is 5.00 Å². The summed E-state index contributed by atoms with van der Waals surface area (Å²) in [7, 11) is 1.64. The number of benzene rings is 1. The Bertz CT molecular complexity index is 945. The van der Waals surface area contributed by atoms with Crippen LogP contribution in [-0.2, 0) is 12.8 Å². The van der Waals surface area contributed by atoms with Crippen LogP contribution in [0, 0.1) is 22.7 Å². The van der Waals surface area contributed by atoms with Crippen LogP contribution in [0.2, 0.25) is 0 Å². The molecule has 5 heteroatoms. The SMILES string of the molecule is COc1cc(C=Nc2sc3c(c2C#N)CC[C@H](C(C)(C)C)C3)ccc1OC(C)C. The zero-order valence-electron chi connectivity index (χ0n) is 18.2. The topological polar surface area (TPSA) is 54.6 Å². The quantitative estimate of drug-likeness (QED) is 0.542. The number of methoxy groups -OCH3 is 1. The van der Waals surface area contributed by atoms with E-state index < -0.39 is 0 Å². The van der Waals surface area contributed by atoms with Gasteiger partial charge in [-0.1, -0.05) is 20.8 Å². The molecule has 1 atom stereocenters. The number of ether oxygens (including phenoxy) is 2. The lowest BCUT2D eigenvalue weighted by molar-refractivity contribution is 0.218. The van der Waals surface area contributed by atoms with Crippen LogP contribution in [-0.4, -0.2) is 19.4 Å². The van der Waals surface area contributed by atoms with E-state index in [0.29, 0.717) is 11.7 Å². The number of nitriles is 1. The van der Waals surface area contributed by atoms with E-state index in [-0.39, 0.29) is 11.5 Å². The highest BCUT2D eigenvalue weighted by Crippen LogP contribution is 2.44. The molecule has 0 N–H and O–H groups in total. The van der Waals surface area contributed by atoms with Crippen molar-refractivity contribution in [2.45, 2.75) is 60.0 Å². The van der Waals surface area contributed by atoms with Crippen molar-refractivity contribution < 1.29 is 9.47 Å². The molecule has 3 rings (SSSR count). The van der Waals surface area contributed by atoms with Gasteiger partial charge < -0.3 is 9.47 Å². The van der Waals surface area contributed by atoms with Gasteiger partial charge in [0.15, 0.2) is 11.5 Å². The van der Waals surface area contributed by atoms with Crippen molar-refractivity contribution in [3.05, 3.63) is 39.8 Å². The maximum Gasteiger partial charge on any atom is 0.161 e. The van der Waals surface area contributed by atoms with Gasteiger partial charge in [0.25, 0.3) is 0 Å². The predicted octanol–water partition coefficient (Wildman–Crippen LogP) is 6.32. The number of hydrogen-bond acceptors (Lipinski definition) is 5. The van der Waals surface area contributed by atoms with Gasteiger partial charge in [0.1, 0.15) is 11.1 Å². The molecule has 0 aliphatic heterocycles. The van der Waals surface area contributed by atoms with Crippen LogP contribution in [0.15, 0.2) is 23.2 Å². The normalized spacial score (nSPS) is 16.7. The standard InChI is InChI=1S/C24H30N2O2S/c1-15(2)28-20-10-7-16(11-21(20)27-6)14-26-23-19(13-25)18-9-8-17(24(3,4)5)12-22(18)29-23/h7,10-11,14-15,17H,8-9,12H2,1-6H3/t17-/m0/s1. The molecular weight excluding hydrogens is 380 g/mol. The van der Waals surface area contributed by atoms with Gasteiger partial charge in [-0.2, -0.15) is 5.26 Å². The molecule has 29 heavy (non-hydrogen) atoms. The minimum Gasteiger partial charge on any atom is -0.493 e. The Labute approximate surface area is 178 Å². The summed E-state index contributed by atoms with van der Waals surface area (Å²) < 4.78 is 11.2. The highest BCUT2D eigenvalue weighted by Gasteiger charge is 2.32. The van der Waals surface area contributed by atoms with Crippen molar-refractivity contribution in [3.63, 3.8) is 0 Å². The summed E-state index contributed by atoms with van der Waals surface area (Å²) in [5, 5.41) is 10.5. The van der Waals surface area contributed by atoms with Crippen molar-refractivity contribution in [3.8, 4) is 17.6 Å². The van der Waals surface area contributed by atoms with E-state index in [1.807, 2.05) is 32.0 Å². The fraction of sp³-hybridized carbons (Fsp3) is 0.500. The fourth-order valence-electron chi connectivity index (χ4n) is 3.77. The summed E-state index contributed by atoms with van der Waals surface area (Å²) in [5.41, 5.74) is 3.17. The van der Waals surface area contributed by atoms with Crippen molar-refractivity contribution in [2.75, 3.05) is 7.11 Å². The molecular formula is C24H30N2O2S. The van der Waals surface area contributed by atoms with Crippen molar-refractivity contribution >= 4 is 22.6 Å². The van der Waals surface area contributed by atoms with E-state index in [0.717, 1.165) is 41.1 Å². The lowest BCUT2D eigenvalue weighted by Crippen LogP contribution is -2.26. The summed E-state index contributed by atoms with van der Waals surface area (Å²) in [6, 6.07) is 8.17. The highest BCUT2D eigenvalue weighted by molar-refractivity contribution is 7.16. The molecule has 1 aliphatic carbocycles. The van der Waals surface area contributed by atoms with E-state index in [1.165, 1.54) is 10.4 Å². The first-order chi connectivity index (χ1) is 13.7. The Hall–Kier alpha value is -2.32. The van der Waals surface area contributed by atoms with E-state index in [2.05, 4.69) is 31.8 Å². The molecule has 0 saturated heterocycles. The number of aliphatic imine (C=N–C) groups is 1. The van der Waals surface area contributed by atoms with E-state index in [9.17, 15) is 5.26 Å². The first-order valence-electron chi connectivity index (χ1n) is 10.2. The van der Waals surface area contributed by atoms with Gasteiger partial charge in [0.05, 0.1) is 18.8 Å². The maximum atomic E-state index is 9.73. The van der Waals surface area contributed by atoms with Crippen LogP contribution in [0.3, 0.4) is 0 Å². The second-order valence-electron chi connectivity index (χ2n) is 8.94. The average Bonchev–Trinajstić information content (AvgIpc) is 3.02. The molecule has 1 aromatic heterocycles. The van der Waals surface area contributed by atoms with Gasteiger partial charge in [-0.3, -0.25) is 0 Å². The van der Waals surface area contributed by atoms with Gasteiger partial charge in [0.2, 0.25) is 0 Å². The third-order valence-electron chi connectivity index (χ3n) is 5.46. The number of fused-ring (bicyclic) bond motifs is 1. The highest BCUT2D eigenvalue weighted by atomic mass is 32.1. The molecule has 154 valence electrons. The Balaban J connectivity index is 1.87. The molecule has 1 aliphatic rings. The second-order valence-corrected chi connectivity index (χ2v) is 10.0. The number of thiophene rings is 1. The Kier molecular flexibility index (Phi) is 6.33. The lowest BCUT2D eigenvalue weighted by atomic mass is 9.72. The smallest absolute Gasteiger partial charge is 0.161 e.